The number of hydrogen-bond acceptors (Lipinski definition) is 3. The highest BCUT2D eigenvalue weighted by molar-refractivity contribution is 5.25. The van der Waals surface area contributed by atoms with Crippen molar-refractivity contribution >= 4 is 0 Å². The molecule has 0 saturated carbocycles. The molecular weight excluding hydrogens is 238 g/mol. The molecule has 0 saturated heterocycles. The third-order valence-electron chi connectivity index (χ3n) is 3.30. The molecule has 1 aromatic rings. The molecule has 0 heterocycles. The van der Waals surface area contributed by atoms with Gasteiger partial charge in [0.25, 0.3) is 0 Å². The lowest BCUT2D eigenvalue weighted by molar-refractivity contribution is 0.0302. The quantitative estimate of drug-likeness (QED) is 0.674. The van der Waals surface area contributed by atoms with Crippen molar-refractivity contribution in [2.75, 3.05) is 26.4 Å². The molecule has 1 atom stereocenters. The Kier molecular flexibility index (Phi) is 7.06. The maximum absolute atomic E-state index is 9.83. The summed E-state index contributed by atoms with van der Waals surface area (Å²) in [5, 5.41) is 13.2. The van der Waals surface area contributed by atoms with Gasteiger partial charge in [0, 0.05) is 6.61 Å². The van der Waals surface area contributed by atoms with E-state index in [1.54, 1.807) is 0 Å². The maximum atomic E-state index is 9.83. The van der Waals surface area contributed by atoms with E-state index in [1.165, 1.54) is 0 Å². The zero-order valence-corrected chi connectivity index (χ0v) is 12.4. The summed E-state index contributed by atoms with van der Waals surface area (Å²) >= 11 is 0. The van der Waals surface area contributed by atoms with Crippen LogP contribution in [0.5, 0.6) is 0 Å². The van der Waals surface area contributed by atoms with Crippen molar-refractivity contribution in [1.82, 2.24) is 5.32 Å². The number of aliphatic hydroxyl groups excluding tert-OH is 1. The van der Waals surface area contributed by atoms with Crippen LogP contribution >= 0.6 is 0 Å². The Morgan fingerprint density at radius 3 is 2.47 bits per heavy atom. The minimum absolute atomic E-state index is 0.0343. The van der Waals surface area contributed by atoms with Gasteiger partial charge in [-0.2, -0.15) is 0 Å². The number of benzene rings is 1. The molecule has 108 valence electrons. The molecule has 3 nitrogen and oxygen atoms in total. The summed E-state index contributed by atoms with van der Waals surface area (Å²) in [6, 6.07) is 10.0. The van der Waals surface area contributed by atoms with Crippen LogP contribution in [0, 0.1) is 5.92 Å². The van der Waals surface area contributed by atoms with Crippen molar-refractivity contribution < 1.29 is 9.84 Å². The van der Waals surface area contributed by atoms with Crippen molar-refractivity contribution in [2.24, 2.45) is 5.92 Å². The number of rotatable bonds is 9. The minimum Gasteiger partial charge on any atom is -0.394 e. The van der Waals surface area contributed by atoms with Gasteiger partial charge in [-0.25, -0.2) is 0 Å². The first-order valence-corrected chi connectivity index (χ1v) is 7.13. The van der Waals surface area contributed by atoms with Crippen LogP contribution in [0.2, 0.25) is 0 Å². The molecule has 0 bridgehead atoms. The molecule has 1 unspecified atom stereocenters. The van der Waals surface area contributed by atoms with E-state index in [0.717, 1.165) is 25.1 Å². The highest BCUT2D eigenvalue weighted by Crippen LogP contribution is 2.21. The van der Waals surface area contributed by atoms with E-state index < -0.39 is 5.54 Å². The third-order valence-corrected chi connectivity index (χ3v) is 3.30. The van der Waals surface area contributed by atoms with Crippen LogP contribution < -0.4 is 5.32 Å². The van der Waals surface area contributed by atoms with Gasteiger partial charge in [-0.15, -0.1) is 0 Å². The van der Waals surface area contributed by atoms with Crippen LogP contribution in [-0.4, -0.2) is 31.5 Å². The van der Waals surface area contributed by atoms with Crippen molar-refractivity contribution in [3.63, 3.8) is 0 Å². The molecule has 1 rings (SSSR count). The van der Waals surface area contributed by atoms with E-state index in [-0.39, 0.29) is 6.61 Å². The van der Waals surface area contributed by atoms with Gasteiger partial charge in [0.05, 0.1) is 18.8 Å². The highest BCUT2D eigenvalue weighted by atomic mass is 16.5. The summed E-state index contributed by atoms with van der Waals surface area (Å²) < 4.78 is 5.79. The Balaban J connectivity index is 2.70. The van der Waals surface area contributed by atoms with E-state index in [4.69, 9.17) is 4.74 Å². The SMILES string of the molecule is CCNC(CO)(COCCC(C)C)c1ccccc1. The first-order valence-electron chi connectivity index (χ1n) is 7.13. The third kappa shape index (κ3) is 4.94. The molecule has 0 aliphatic rings. The van der Waals surface area contributed by atoms with Crippen LogP contribution in [0.15, 0.2) is 30.3 Å². The summed E-state index contributed by atoms with van der Waals surface area (Å²) in [4.78, 5) is 0. The molecule has 0 radical (unpaired) electrons. The van der Waals surface area contributed by atoms with E-state index in [0.29, 0.717) is 12.5 Å². The lowest BCUT2D eigenvalue weighted by Crippen LogP contribution is -2.49. The lowest BCUT2D eigenvalue weighted by atomic mass is 9.91. The first-order chi connectivity index (χ1) is 9.14. The molecule has 2 N–H and O–H groups in total. The van der Waals surface area contributed by atoms with Crippen molar-refractivity contribution in [2.45, 2.75) is 32.7 Å². The Morgan fingerprint density at radius 2 is 1.95 bits per heavy atom. The lowest BCUT2D eigenvalue weighted by Gasteiger charge is -2.33. The number of likely N-dealkylation sites (N-methyl/N-ethyl adjacent to an activating group) is 1. The Morgan fingerprint density at radius 1 is 1.26 bits per heavy atom. The molecule has 3 heteroatoms. The van der Waals surface area contributed by atoms with E-state index >= 15 is 0 Å². The second kappa shape index (κ2) is 8.31. The maximum Gasteiger partial charge on any atom is 0.0905 e. The zero-order valence-electron chi connectivity index (χ0n) is 12.4. The summed E-state index contributed by atoms with van der Waals surface area (Å²) in [7, 11) is 0. The monoisotopic (exact) mass is 265 g/mol. The van der Waals surface area contributed by atoms with Crippen LogP contribution in [-0.2, 0) is 10.3 Å². The fourth-order valence-electron chi connectivity index (χ4n) is 2.09. The fourth-order valence-corrected chi connectivity index (χ4v) is 2.09. The van der Waals surface area contributed by atoms with Crippen molar-refractivity contribution in [3.05, 3.63) is 35.9 Å². The Hall–Kier alpha value is -0.900. The number of hydrogen-bond donors (Lipinski definition) is 2. The van der Waals surface area contributed by atoms with Crippen LogP contribution in [0.4, 0.5) is 0 Å². The number of ether oxygens (including phenoxy) is 1. The fraction of sp³-hybridized carbons (Fsp3) is 0.625. The van der Waals surface area contributed by atoms with Gasteiger partial charge < -0.3 is 15.2 Å². The van der Waals surface area contributed by atoms with Gasteiger partial charge in [0.2, 0.25) is 0 Å². The summed E-state index contributed by atoms with van der Waals surface area (Å²) in [6.45, 7) is 8.47. The molecular formula is C16H27NO2. The van der Waals surface area contributed by atoms with Crippen LogP contribution in [0.1, 0.15) is 32.8 Å². The van der Waals surface area contributed by atoms with Crippen molar-refractivity contribution in [3.8, 4) is 0 Å². The van der Waals surface area contributed by atoms with E-state index in [2.05, 4.69) is 19.2 Å². The molecule has 0 aliphatic heterocycles. The van der Waals surface area contributed by atoms with Crippen molar-refractivity contribution in [1.29, 1.82) is 0 Å². The second-order valence-electron chi connectivity index (χ2n) is 5.37. The Bertz CT molecular complexity index is 340. The highest BCUT2D eigenvalue weighted by Gasteiger charge is 2.30. The molecule has 0 spiro atoms. The predicted molar refractivity (Wildman–Crippen MR) is 79.2 cm³/mol. The largest absolute Gasteiger partial charge is 0.394 e. The minimum atomic E-state index is -0.493. The summed E-state index contributed by atoms with van der Waals surface area (Å²) in [5.74, 6) is 0.638. The molecule has 0 fully saturated rings. The second-order valence-corrected chi connectivity index (χ2v) is 5.37. The topological polar surface area (TPSA) is 41.5 Å². The molecule has 0 aromatic heterocycles. The van der Waals surface area contributed by atoms with E-state index in [9.17, 15) is 5.11 Å². The smallest absolute Gasteiger partial charge is 0.0905 e. The van der Waals surface area contributed by atoms with Crippen LogP contribution in [0.25, 0.3) is 0 Å². The zero-order chi connectivity index (χ0) is 14.1. The normalized spacial score (nSPS) is 14.6. The van der Waals surface area contributed by atoms with Gasteiger partial charge in [0.1, 0.15) is 0 Å². The van der Waals surface area contributed by atoms with Gasteiger partial charge in [-0.05, 0) is 24.4 Å². The predicted octanol–water partition coefficient (Wildman–Crippen LogP) is 2.55. The average Bonchev–Trinajstić information content (AvgIpc) is 2.43. The number of nitrogens with one attached hydrogen (secondary N) is 1. The average molecular weight is 265 g/mol. The van der Waals surface area contributed by atoms with Crippen LogP contribution in [0.3, 0.4) is 0 Å². The molecule has 19 heavy (non-hydrogen) atoms. The van der Waals surface area contributed by atoms with Gasteiger partial charge >= 0.3 is 0 Å². The molecule has 0 amide bonds. The van der Waals surface area contributed by atoms with Gasteiger partial charge in [-0.3, -0.25) is 0 Å². The molecule has 1 aromatic carbocycles. The van der Waals surface area contributed by atoms with Gasteiger partial charge in [-0.1, -0.05) is 51.1 Å². The Labute approximate surface area is 117 Å². The standard InChI is InChI=1S/C16H27NO2/c1-4-17-16(12-18,13-19-11-10-14(2)3)15-8-6-5-7-9-15/h5-9,14,17-18H,4,10-13H2,1-3H3. The first kappa shape index (κ1) is 16.2. The number of aliphatic hydroxyl groups is 1. The van der Waals surface area contributed by atoms with Gasteiger partial charge in [0.15, 0.2) is 0 Å². The molecule has 0 aliphatic carbocycles. The van der Waals surface area contributed by atoms with E-state index in [1.807, 2.05) is 37.3 Å². The summed E-state index contributed by atoms with van der Waals surface area (Å²) in [6.07, 6.45) is 1.04. The summed E-state index contributed by atoms with van der Waals surface area (Å²) in [5.41, 5.74) is 0.580.